The van der Waals surface area contributed by atoms with Gasteiger partial charge in [-0.1, -0.05) is 97.9 Å². The number of unbranched alkanes of at least 4 members (excludes halogenated alkanes) is 5. The maximum Gasteiger partial charge on any atom is 0.265 e. The molecule has 0 aliphatic rings. The van der Waals surface area contributed by atoms with Gasteiger partial charge < -0.3 is 18.9 Å². The average Bonchev–Trinajstić information content (AvgIpc) is 3.66. The number of rotatable bonds is 18. The van der Waals surface area contributed by atoms with Crippen LogP contribution in [-0.4, -0.2) is 49.1 Å². The van der Waals surface area contributed by atoms with Crippen LogP contribution in [-0.2, 0) is 15.4 Å². The van der Waals surface area contributed by atoms with Crippen LogP contribution in [0.2, 0.25) is 0 Å². The second-order valence-electron chi connectivity index (χ2n) is 15.0. The Hall–Kier alpha value is -4.71. The Bertz CT molecular complexity index is 2010. The van der Waals surface area contributed by atoms with Crippen LogP contribution < -0.4 is 23.7 Å². The average molecular weight is 732 g/mol. The number of methoxy groups -OCH3 is 2. The number of aromatic amines is 1. The molecule has 3 aromatic carbocycles. The van der Waals surface area contributed by atoms with Crippen molar-refractivity contribution in [2.75, 3.05) is 25.5 Å². The molecule has 0 aliphatic heterocycles. The number of ether oxygens (including phenoxy) is 4. The van der Waals surface area contributed by atoms with Crippen LogP contribution in [0.1, 0.15) is 92.1 Å². The van der Waals surface area contributed by atoms with Crippen LogP contribution in [0.15, 0.2) is 71.6 Å². The summed E-state index contributed by atoms with van der Waals surface area (Å²) in [6.07, 6.45) is 7.57. The highest BCUT2D eigenvalue weighted by molar-refractivity contribution is 7.92. The molecule has 0 spiro atoms. The first kappa shape index (κ1) is 38.5. The van der Waals surface area contributed by atoms with Crippen molar-refractivity contribution in [3.63, 3.8) is 0 Å². The van der Waals surface area contributed by atoms with Crippen LogP contribution in [0.5, 0.6) is 28.9 Å². The number of hydrogen-bond donors (Lipinski definition) is 2. The van der Waals surface area contributed by atoms with E-state index < -0.39 is 10.0 Å². The molecule has 2 heterocycles. The summed E-state index contributed by atoms with van der Waals surface area (Å²) in [6, 6.07) is 19.7. The maximum absolute atomic E-state index is 14.2. The van der Waals surface area contributed by atoms with Crippen molar-refractivity contribution in [3.05, 3.63) is 72.3 Å². The Labute approximate surface area is 308 Å². The number of H-pyrrole nitrogens is 1. The Balaban J connectivity index is 1.38. The number of sulfonamides is 1. The summed E-state index contributed by atoms with van der Waals surface area (Å²) in [7, 11) is -0.940. The molecule has 0 saturated carbocycles. The quantitative estimate of drug-likeness (QED) is 0.0853. The molecule has 0 aliphatic carbocycles. The smallest absolute Gasteiger partial charge is 0.265 e. The molecular weight excluding hydrogens is 679 g/mol. The van der Waals surface area contributed by atoms with Gasteiger partial charge in [0.25, 0.3) is 10.0 Å². The van der Waals surface area contributed by atoms with Gasteiger partial charge in [-0.25, -0.2) is 13.4 Å². The fraction of sp³-hybridized carbons (Fsp3) is 0.450. The minimum absolute atomic E-state index is 0.0547. The Morgan fingerprint density at radius 1 is 0.827 bits per heavy atom. The van der Waals surface area contributed by atoms with Gasteiger partial charge in [-0.2, -0.15) is 4.63 Å². The van der Waals surface area contributed by atoms with Gasteiger partial charge in [0.1, 0.15) is 10.6 Å². The number of fused-ring (bicyclic) bond motifs is 1. The molecule has 0 fully saturated rings. The lowest BCUT2D eigenvalue weighted by Crippen LogP contribution is -2.25. The van der Waals surface area contributed by atoms with Crippen molar-refractivity contribution >= 4 is 21.4 Å². The molecule has 0 atom stereocenters. The van der Waals surface area contributed by atoms with Crippen molar-refractivity contribution in [1.29, 1.82) is 0 Å². The number of para-hydroxylation sites is 1. The fourth-order valence-electron chi connectivity index (χ4n) is 6.64. The molecular formula is C40H53N5O6S. The minimum atomic E-state index is -4.05. The monoisotopic (exact) mass is 731 g/mol. The van der Waals surface area contributed by atoms with Crippen molar-refractivity contribution in [2.45, 2.75) is 96.8 Å². The number of aromatic nitrogens is 4. The topological polar surface area (TPSA) is 129 Å². The normalized spacial score (nSPS) is 12.2. The fourth-order valence-corrected chi connectivity index (χ4v) is 7.87. The third kappa shape index (κ3) is 9.58. The van der Waals surface area contributed by atoms with E-state index in [0.717, 1.165) is 31.2 Å². The predicted molar refractivity (Wildman–Crippen MR) is 206 cm³/mol. The van der Waals surface area contributed by atoms with E-state index in [2.05, 4.69) is 61.4 Å². The molecule has 0 amide bonds. The van der Waals surface area contributed by atoms with Gasteiger partial charge in [-0.15, -0.1) is 5.10 Å². The van der Waals surface area contributed by atoms with E-state index in [1.807, 2.05) is 18.2 Å². The SMILES string of the molecule is CCCCCCCCOc1ccc(C(C)(C)CC(C)(C)C)cc1S(=O)(=O)Nc1cccc(-c2nc3cc(Oc4c(OC)cccc4OC)nn3[nH]2)c1. The minimum Gasteiger partial charge on any atom is -0.493 e. The standard InChI is InChI=1S/C40H53N5O6S/c1-9-10-11-12-13-14-23-50-31-22-21-29(40(5,6)27-39(2,3)4)25-34(31)52(46,47)44-30-18-15-17-28(24-30)38-41-35-26-36(42-45(35)43-38)51-37-32(48-7)19-16-20-33(37)49-8/h15-22,24-26,44H,9-14,23,27H2,1-8H3,(H,41,43). The third-order valence-electron chi connectivity index (χ3n) is 8.83. The van der Waals surface area contributed by atoms with Gasteiger partial charge >= 0.3 is 0 Å². The molecule has 2 aromatic heterocycles. The van der Waals surface area contributed by atoms with E-state index in [1.54, 1.807) is 62.8 Å². The van der Waals surface area contributed by atoms with Gasteiger partial charge in [0.05, 0.1) is 20.8 Å². The predicted octanol–water partition coefficient (Wildman–Crippen LogP) is 9.79. The zero-order valence-corrected chi connectivity index (χ0v) is 32.5. The van der Waals surface area contributed by atoms with E-state index >= 15 is 0 Å². The van der Waals surface area contributed by atoms with Crippen LogP contribution >= 0.6 is 0 Å². The van der Waals surface area contributed by atoms with Crippen LogP contribution in [0.25, 0.3) is 17.0 Å². The second-order valence-corrected chi connectivity index (χ2v) is 16.7. The van der Waals surface area contributed by atoms with E-state index in [1.165, 1.54) is 23.9 Å². The molecule has 52 heavy (non-hydrogen) atoms. The summed E-state index contributed by atoms with van der Waals surface area (Å²) in [4.78, 5) is 4.80. The number of nitrogens with one attached hydrogen (secondary N) is 2. The first-order valence-corrected chi connectivity index (χ1v) is 19.5. The highest BCUT2D eigenvalue weighted by Gasteiger charge is 2.30. The van der Waals surface area contributed by atoms with Crippen molar-refractivity contribution in [1.82, 2.24) is 19.8 Å². The first-order chi connectivity index (χ1) is 24.7. The van der Waals surface area contributed by atoms with Gasteiger partial charge in [0, 0.05) is 17.3 Å². The zero-order chi connectivity index (χ0) is 37.5. The Morgan fingerprint density at radius 3 is 2.19 bits per heavy atom. The van der Waals surface area contributed by atoms with Crippen LogP contribution in [0.3, 0.4) is 0 Å². The highest BCUT2D eigenvalue weighted by Crippen LogP contribution is 2.41. The lowest BCUT2D eigenvalue weighted by atomic mass is 9.72. The maximum atomic E-state index is 14.2. The molecule has 2 N–H and O–H groups in total. The molecule has 0 saturated heterocycles. The summed E-state index contributed by atoms with van der Waals surface area (Å²) in [5.74, 6) is 2.54. The van der Waals surface area contributed by atoms with Crippen LogP contribution in [0, 0.1) is 5.41 Å². The van der Waals surface area contributed by atoms with Gasteiger partial charge in [0.2, 0.25) is 11.6 Å². The zero-order valence-electron chi connectivity index (χ0n) is 31.7. The molecule has 5 aromatic rings. The number of nitrogens with zero attached hydrogens (tertiary/aromatic N) is 3. The summed E-state index contributed by atoms with van der Waals surface area (Å²) in [6.45, 7) is 13.6. The molecule has 0 bridgehead atoms. The Morgan fingerprint density at radius 2 is 1.52 bits per heavy atom. The molecule has 280 valence electrons. The molecule has 0 unspecified atom stereocenters. The first-order valence-electron chi connectivity index (χ1n) is 18.0. The number of hydrogen-bond acceptors (Lipinski definition) is 8. The van der Waals surface area contributed by atoms with E-state index in [0.29, 0.717) is 52.3 Å². The van der Waals surface area contributed by atoms with E-state index in [9.17, 15) is 8.42 Å². The summed E-state index contributed by atoms with van der Waals surface area (Å²) in [5, 5.41) is 7.62. The van der Waals surface area contributed by atoms with E-state index in [4.69, 9.17) is 18.9 Å². The van der Waals surface area contributed by atoms with Crippen molar-refractivity contribution in [2.24, 2.45) is 5.41 Å². The van der Waals surface area contributed by atoms with E-state index in [-0.39, 0.29) is 21.6 Å². The lowest BCUT2D eigenvalue weighted by Gasteiger charge is -2.33. The van der Waals surface area contributed by atoms with Crippen molar-refractivity contribution in [3.8, 4) is 40.3 Å². The Kier molecular flexibility index (Phi) is 12.1. The number of anilines is 1. The molecule has 0 radical (unpaired) electrons. The third-order valence-corrected chi connectivity index (χ3v) is 10.2. The summed E-state index contributed by atoms with van der Waals surface area (Å²) < 4.78 is 55.6. The summed E-state index contributed by atoms with van der Waals surface area (Å²) in [5.41, 5.74) is 2.29. The molecule has 11 nitrogen and oxygen atoms in total. The molecule has 5 rings (SSSR count). The second kappa shape index (κ2) is 16.3. The number of benzene rings is 3. The summed E-state index contributed by atoms with van der Waals surface area (Å²) >= 11 is 0. The largest absolute Gasteiger partial charge is 0.493 e. The van der Waals surface area contributed by atoms with Gasteiger partial charge in [0.15, 0.2) is 23.0 Å². The van der Waals surface area contributed by atoms with Crippen molar-refractivity contribution < 1.29 is 27.4 Å². The van der Waals surface area contributed by atoms with Gasteiger partial charge in [-0.3, -0.25) is 9.82 Å². The highest BCUT2D eigenvalue weighted by atomic mass is 32.2. The molecule has 12 heteroatoms. The van der Waals surface area contributed by atoms with Gasteiger partial charge in [-0.05, 0) is 65.6 Å². The van der Waals surface area contributed by atoms with Crippen LogP contribution in [0.4, 0.5) is 5.69 Å². The lowest BCUT2D eigenvalue weighted by molar-refractivity contribution is 0.281.